The number of aliphatic carboxylic acids is 1. The van der Waals surface area contributed by atoms with Gasteiger partial charge in [-0.25, -0.2) is 4.98 Å². The Balaban J connectivity index is 0.00000168. The number of hydrogen-bond acceptors (Lipinski definition) is 6. The van der Waals surface area contributed by atoms with Gasteiger partial charge in [0, 0.05) is 6.20 Å². The van der Waals surface area contributed by atoms with Gasteiger partial charge in [-0.2, -0.15) is 0 Å². The third-order valence-corrected chi connectivity index (χ3v) is 5.34. The van der Waals surface area contributed by atoms with E-state index in [-0.39, 0.29) is 46.5 Å². The van der Waals surface area contributed by atoms with Crippen molar-refractivity contribution >= 4 is 46.4 Å². The second kappa shape index (κ2) is 6.24. The average molecular weight is 372 g/mol. The summed E-state index contributed by atoms with van der Waals surface area (Å²) >= 11 is 1.28. The Labute approximate surface area is 173 Å². The third kappa shape index (κ3) is 2.41. The van der Waals surface area contributed by atoms with Gasteiger partial charge >= 0.3 is 29.6 Å². The fourth-order valence-corrected chi connectivity index (χ4v) is 4.20. The van der Waals surface area contributed by atoms with Crippen LogP contribution in [-0.4, -0.2) is 36.5 Å². The van der Waals surface area contributed by atoms with Gasteiger partial charge in [0.2, 0.25) is 0 Å². The third-order valence-electron chi connectivity index (χ3n) is 4.26. The standard InChI is InChI=1S/C17H10N4O3S.Na/c22-15-10(16-21(15)13(8-25-16)17(23)24)5-9-7-20-12-4-2-1-3-11(12)18-6-14(20)19-9;/h1-8,16H,(H,23,24);/q;+1/p-1/b10-5-;. The van der Waals surface area contributed by atoms with Crippen molar-refractivity contribution in [2.75, 3.05) is 0 Å². The molecule has 0 N–H and O–H groups in total. The van der Waals surface area contributed by atoms with Crippen LogP contribution in [0.5, 0.6) is 0 Å². The van der Waals surface area contributed by atoms with Crippen LogP contribution in [0.15, 0.2) is 53.3 Å². The second-order valence-electron chi connectivity index (χ2n) is 5.69. The number of imidazole rings is 1. The zero-order valence-electron chi connectivity index (χ0n) is 13.6. The van der Waals surface area contributed by atoms with Crippen LogP contribution in [0.1, 0.15) is 5.69 Å². The molecule has 1 saturated heterocycles. The minimum absolute atomic E-state index is 0. The van der Waals surface area contributed by atoms with Gasteiger partial charge in [-0.05, 0) is 23.6 Å². The molecule has 1 fully saturated rings. The summed E-state index contributed by atoms with van der Waals surface area (Å²) < 4.78 is 1.92. The van der Waals surface area contributed by atoms with Gasteiger partial charge < -0.3 is 9.90 Å². The molecule has 7 nitrogen and oxygen atoms in total. The van der Waals surface area contributed by atoms with E-state index < -0.39 is 5.97 Å². The molecule has 9 heteroatoms. The summed E-state index contributed by atoms with van der Waals surface area (Å²) in [5.41, 5.74) is 3.53. The summed E-state index contributed by atoms with van der Waals surface area (Å²) in [7, 11) is 0. The van der Waals surface area contributed by atoms with Crippen LogP contribution in [0, 0.1) is 0 Å². The summed E-state index contributed by atoms with van der Waals surface area (Å²) in [6, 6.07) is 7.72. The number of carbonyl (C=O) groups is 2. The summed E-state index contributed by atoms with van der Waals surface area (Å²) in [5, 5.41) is 12.1. The number of thioether (sulfide) groups is 1. The molecule has 26 heavy (non-hydrogen) atoms. The van der Waals surface area contributed by atoms with E-state index in [1.165, 1.54) is 22.1 Å². The molecule has 1 aromatic carbocycles. The van der Waals surface area contributed by atoms with Crippen molar-refractivity contribution in [3.8, 4) is 0 Å². The van der Waals surface area contributed by atoms with Crippen molar-refractivity contribution in [3.63, 3.8) is 0 Å². The first-order chi connectivity index (χ1) is 12.1. The van der Waals surface area contributed by atoms with Crippen molar-refractivity contribution in [2.24, 2.45) is 0 Å². The van der Waals surface area contributed by atoms with Crippen LogP contribution < -0.4 is 34.7 Å². The van der Waals surface area contributed by atoms with Gasteiger partial charge in [0.15, 0.2) is 5.65 Å². The zero-order chi connectivity index (χ0) is 17.1. The van der Waals surface area contributed by atoms with Gasteiger partial charge in [0.1, 0.15) is 5.37 Å². The van der Waals surface area contributed by atoms with E-state index in [4.69, 9.17) is 0 Å². The van der Waals surface area contributed by atoms with Crippen LogP contribution in [0.3, 0.4) is 0 Å². The van der Waals surface area contributed by atoms with E-state index >= 15 is 0 Å². The van der Waals surface area contributed by atoms with Gasteiger partial charge in [0.25, 0.3) is 5.91 Å². The number of aromatic nitrogens is 3. The second-order valence-corrected chi connectivity index (χ2v) is 6.65. The van der Waals surface area contributed by atoms with Crippen molar-refractivity contribution in [2.45, 2.75) is 5.37 Å². The van der Waals surface area contributed by atoms with E-state index in [1.54, 1.807) is 12.3 Å². The molecular formula is C17H9N4NaO3S. The predicted molar refractivity (Wildman–Crippen MR) is 89.8 cm³/mol. The maximum Gasteiger partial charge on any atom is 1.00 e. The quantitative estimate of drug-likeness (QED) is 0.288. The predicted octanol–water partition coefficient (Wildman–Crippen LogP) is -2.22. The van der Waals surface area contributed by atoms with E-state index in [0.717, 1.165) is 11.0 Å². The monoisotopic (exact) mass is 372 g/mol. The summed E-state index contributed by atoms with van der Waals surface area (Å²) in [5.74, 6) is -1.67. The van der Waals surface area contributed by atoms with Crippen LogP contribution in [-0.2, 0) is 9.59 Å². The van der Waals surface area contributed by atoms with E-state index in [0.29, 0.717) is 16.9 Å². The van der Waals surface area contributed by atoms with E-state index in [2.05, 4.69) is 9.97 Å². The van der Waals surface area contributed by atoms with E-state index in [1.807, 2.05) is 34.9 Å². The van der Waals surface area contributed by atoms with E-state index in [9.17, 15) is 14.7 Å². The van der Waals surface area contributed by atoms with Gasteiger partial charge in [0.05, 0.1) is 40.2 Å². The Morgan fingerprint density at radius 2 is 2.12 bits per heavy atom. The number of benzene rings is 1. The number of rotatable bonds is 2. The molecule has 1 amide bonds. The Bertz CT molecular complexity index is 1150. The molecular weight excluding hydrogens is 363 g/mol. The molecule has 0 radical (unpaired) electrons. The largest absolute Gasteiger partial charge is 1.00 e. The van der Waals surface area contributed by atoms with Crippen molar-refractivity contribution in [1.82, 2.24) is 19.3 Å². The topological polar surface area (TPSA) is 90.6 Å². The summed E-state index contributed by atoms with van der Waals surface area (Å²) in [4.78, 5) is 33.4. The average Bonchev–Trinajstić information content (AvgIpc) is 3.21. The molecule has 122 valence electrons. The molecule has 0 spiro atoms. The molecule has 0 saturated carbocycles. The molecule has 1 atom stereocenters. The summed E-state index contributed by atoms with van der Waals surface area (Å²) in [6.45, 7) is 0. The number of hydrogen-bond donors (Lipinski definition) is 0. The zero-order valence-corrected chi connectivity index (χ0v) is 16.4. The molecule has 2 aromatic heterocycles. The number of nitrogens with zero attached hydrogens (tertiary/aromatic N) is 4. The van der Waals surface area contributed by atoms with Gasteiger partial charge in [-0.15, -0.1) is 11.8 Å². The Hall–Kier alpha value is -2.13. The molecule has 0 aliphatic carbocycles. The van der Waals surface area contributed by atoms with Crippen LogP contribution in [0.25, 0.3) is 22.8 Å². The maximum atomic E-state index is 12.3. The first-order valence-corrected chi connectivity index (χ1v) is 8.43. The number of carboxylic acids is 1. The number of fused-ring (bicyclic) bond motifs is 4. The molecule has 2 aliphatic rings. The van der Waals surface area contributed by atoms with Gasteiger partial charge in [-0.1, -0.05) is 12.1 Å². The molecule has 1 unspecified atom stereocenters. The minimum atomic E-state index is -1.34. The molecule has 0 bridgehead atoms. The molecule has 4 heterocycles. The van der Waals surface area contributed by atoms with Crippen molar-refractivity contribution in [1.29, 1.82) is 0 Å². The Morgan fingerprint density at radius 1 is 1.31 bits per heavy atom. The molecule has 2 aliphatic heterocycles. The Morgan fingerprint density at radius 3 is 2.92 bits per heavy atom. The van der Waals surface area contributed by atoms with Crippen LogP contribution in [0.4, 0.5) is 0 Å². The first-order valence-electron chi connectivity index (χ1n) is 7.48. The molecule has 5 rings (SSSR count). The number of β-lactam (4-membered cyclic amide) rings is 1. The summed E-state index contributed by atoms with van der Waals surface area (Å²) in [6.07, 6.45) is 5.22. The molecule has 3 aromatic rings. The van der Waals surface area contributed by atoms with Crippen molar-refractivity contribution in [3.05, 3.63) is 59.0 Å². The van der Waals surface area contributed by atoms with Gasteiger partial charge in [-0.3, -0.25) is 19.1 Å². The normalized spacial score (nSPS) is 20.1. The Kier molecular flexibility index (Phi) is 4.15. The number of amides is 1. The smallest absolute Gasteiger partial charge is 0.543 e. The number of carboxylic acid groups (broad SMARTS) is 1. The fourth-order valence-electron chi connectivity index (χ4n) is 3.09. The SMILES string of the molecule is O=C([O-])C1=CSC2/C(=C\c3cn4c(cnc5ccccc54)n3)C(=O)N12.[Na+]. The number of carbonyl (C=O) groups excluding carboxylic acids is 2. The van der Waals surface area contributed by atoms with Crippen LogP contribution >= 0.6 is 11.8 Å². The van der Waals surface area contributed by atoms with Crippen LogP contribution in [0.2, 0.25) is 0 Å². The van der Waals surface area contributed by atoms with Crippen molar-refractivity contribution < 1.29 is 44.3 Å². The maximum absolute atomic E-state index is 12.3. The number of para-hydroxylation sites is 2. The fraction of sp³-hybridized carbons (Fsp3) is 0.0588. The minimum Gasteiger partial charge on any atom is -0.543 e. The first kappa shape index (κ1) is 17.3.